The first-order valence-corrected chi connectivity index (χ1v) is 7.30. The van der Waals surface area contributed by atoms with E-state index in [9.17, 15) is 9.59 Å². The van der Waals surface area contributed by atoms with E-state index in [1.807, 2.05) is 20.8 Å². The van der Waals surface area contributed by atoms with Crippen LogP contribution in [0.15, 0.2) is 24.3 Å². The number of anilines is 1. The van der Waals surface area contributed by atoms with Gasteiger partial charge in [-0.25, -0.2) is 4.79 Å². The van der Waals surface area contributed by atoms with Crippen molar-refractivity contribution in [1.29, 1.82) is 0 Å². The summed E-state index contributed by atoms with van der Waals surface area (Å²) in [6.07, 6.45) is 0.423. The van der Waals surface area contributed by atoms with Crippen LogP contribution in [0, 0.1) is 5.92 Å². The van der Waals surface area contributed by atoms with Crippen LogP contribution >= 0.6 is 0 Å². The average molecular weight is 292 g/mol. The monoisotopic (exact) mass is 292 g/mol. The van der Waals surface area contributed by atoms with Crippen molar-refractivity contribution < 1.29 is 14.3 Å². The fourth-order valence-electron chi connectivity index (χ4n) is 1.62. The highest BCUT2D eigenvalue weighted by Crippen LogP contribution is 2.11. The Morgan fingerprint density at radius 1 is 1.19 bits per heavy atom. The summed E-state index contributed by atoms with van der Waals surface area (Å²) < 4.78 is 5.14. The molecule has 1 amide bonds. The lowest BCUT2D eigenvalue weighted by Gasteiger charge is -2.08. The molecule has 116 valence electrons. The molecule has 0 fully saturated rings. The molecule has 0 heterocycles. The van der Waals surface area contributed by atoms with Gasteiger partial charge in [-0.2, -0.15) is 0 Å². The van der Waals surface area contributed by atoms with E-state index < -0.39 is 0 Å². The number of carbonyl (C=O) groups excluding carboxylic acids is 2. The zero-order valence-electron chi connectivity index (χ0n) is 12.9. The van der Waals surface area contributed by atoms with E-state index in [0.717, 1.165) is 6.54 Å². The molecule has 0 aliphatic rings. The summed E-state index contributed by atoms with van der Waals surface area (Å²) in [5.41, 5.74) is 1.17. The Morgan fingerprint density at radius 2 is 1.86 bits per heavy atom. The Labute approximate surface area is 126 Å². The molecule has 0 aromatic heterocycles. The van der Waals surface area contributed by atoms with Crippen LogP contribution in [0.5, 0.6) is 0 Å². The van der Waals surface area contributed by atoms with Crippen LogP contribution in [0.1, 0.15) is 37.6 Å². The van der Waals surface area contributed by atoms with Gasteiger partial charge in [0, 0.05) is 18.7 Å². The summed E-state index contributed by atoms with van der Waals surface area (Å²) in [6, 6.07) is 6.72. The maximum atomic E-state index is 11.7. The lowest BCUT2D eigenvalue weighted by molar-refractivity contribution is -0.116. The maximum Gasteiger partial charge on any atom is 0.338 e. The van der Waals surface area contributed by atoms with Crippen LogP contribution in [0.4, 0.5) is 5.69 Å². The molecule has 0 aliphatic heterocycles. The van der Waals surface area contributed by atoms with Crippen molar-refractivity contribution >= 4 is 17.6 Å². The van der Waals surface area contributed by atoms with Crippen molar-refractivity contribution in [3.8, 4) is 0 Å². The predicted molar refractivity (Wildman–Crippen MR) is 83.4 cm³/mol. The van der Waals surface area contributed by atoms with Gasteiger partial charge in [0.1, 0.15) is 0 Å². The number of nitrogens with one attached hydrogen (secondary N) is 2. The maximum absolute atomic E-state index is 11.7. The van der Waals surface area contributed by atoms with Gasteiger partial charge < -0.3 is 15.4 Å². The first kappa shape index (κ1) is 17.2. The summed E-state index contributed by atoms with van der Waals surface area (Å²) in [5, 5.41) is 5.88. The molecule has 5 heteroatoms. The minimum atomic E-state index is -0.339. The molecule has 1 aromatic rings. The van der Waals surface area contributed by atoms with E-state index in [4.69, 9.17) is 4.74 Å². The molecule has 0 radical (unpaired) electrons. The highest BCUT2D eigenvalue weighted by Gasteiger charge is 2.08. The molecule has 21 heavy (non-hydrogen) atoms. The van der Waals surface area contributed by atoms with E-state index >= 15 is 0 Å². The second-order valence-electron chi connectivity index (χ2n) is 5.22. The molecule has 0 aliphatic carbocycles. The topological polar surface area (TPSA) is 67.4 Å². The number of carbonyl (C=O) groups is 2. The molecule has 0 spiro atoms. The number of hydrogen-bond donors (Lipinski definition) is 2. The molecule has 2 N–H and O–H groups in total. The molecule has 0 saturated heterocycles. The van der Waals surface area contributed by atoms with Crippen molar-refractivity contribution in [2.45, 2.75) is 27.2 Å². The lowest BCUT2D eigenvalue weighted by Crippen LogP contribution is -2.21. The third kappa shape index (κ3) is 6.90. The number of ether oxygens (including phenoxy) is 1. The number of amides is 1. The number of esters is 1. The van der Waals surface area contributed by atoms with E-state index in [1.165, 1.54) is 0 Å². The summed E-state index contributed by atoms with van der Waals surface area (Å²) in [7, 11) is 0. The second-order valence-corrected chi connectivity index (χ2v) is 5.22. The minimum Gasteiger partial charge on any atom is -0.462 e. The van der Waals surface area contributed by atoms with Gasteiger partial charge in [0.2, 0.25) is 5.91 Å². The molecule has 1 aromatic carbocycles. The molecule has 5 nitrogen and oxygen atoms in total. The molecule has 1 rings (SSSR count). The number of benzene rings is 1. The highest BCUT2D eigenvalue weighted by atomic mass is 16.5. The van der Waals surface area contributed by atoms with Gasteiger partial charge in [-0.05, 0) is 36.7 Å². The highest BCUT2D eigenvalue weighted by molar-refractivity contribution is 5.93. The Balaban J connectivity index is 2.46. The third-order valence-corrected chi connectivity index (χ3v) is 2.73. The van der Waals surface area contributed by atoms with Crippen LogP contribution in [0.3, 0.4) is 0 Å². The summed E-state index contributed by atoms with van der Waals surface area (Å²) >= 11 is 0. The molecule has 0 saturated carbocycles. The predicted octanol–water partition coefficient (Wildman–Crippen LogP) is 2.44. The van der Waals surface area contributed by atoms with Crippen molar-refractivity contribution in [2.24, 2.45) is 5.92 Å². The van der Waals surface area contributed by atoms with Gasteiger partial charge in [0.15, 0.2) is 0 Å². The average Bonchev–Trinajstić information content (AvgIpc) is 2.45. The van der Waals surface area contributed by atoms with Crippen LogP contribution < -0.4 is 10.6 Å². The Bertz CT molecular complexity index is 455. The Morgan fingerprint density at radius 3 is 2.43 bits per heavy atom. The first-order valence-electron chi connectivity index (χ1n) is 7.30. The SMILES string of the molecule is CCNCCC(=O)Nc1ccc(C(=O)OCC(C)C)cc1. The number of rotatable bonds is 8. The van der Waals surface area contributed by atoms with Crippen molar-refractivity contribution in [1.82, 2.24) is 5.32 Å². The number of hydrogen-bond acceptors (Lipinski definition) is 4. The smallest absolute Gasteiger partial charge is 0.338 e. The van der Waals surface area contributed by atoms with Gasteiger partial charge >= 0.3 is 5.97 Å². The van der Waals surface area contributed by atoms with Gasteiger partial charge in [-0.15, -0.1) is 0 Å². The molecular weight excluding hydrogens is 268 g/mol. The van der Waals surface area contributed by atoms with E-state index in [-0.39, 0.29) is 11.9 Å². The Hall–Kier alpha value is -1.88. The fourth-order valence-corrected chi connectivity index (χ4v) is 1.62. The van der Waals surface area contributed by atoms with Crippen LogP contribution in [-0.2, 0) is 9.53 Å². The van der Waals surface area contributed by atoms with Crippen molar-refractivity contribution in [3.63, 3.8) is 0 Å². The van der Waals surface area contributed by atoms with Gasteiger partial charge in [-0.3, -0.25) is 4.79 Å². The van der Waals surface area contributed by atoms with Gasteiger partial charge in [0.05, 0.1) is 12.2 Å². The zero-order chi connectivity index (χ0) is 15.7. The third-order valence-electron chi connectivity index (χ3n) is 2.73. The minimum absolute atomic E-state index is 0.0499. The first-order chi connectivity index (χ1) is 10.0. The molecule has 0 unspecified atom stereocenters. The largest absolute Gasteiger partial charge is 0.462 e. The fraction of sp³-hybridized carbons (Fsp3) is 0.500. The summed E-state index contributed by atoms with van der Waals surface area (Å²) in [6.45, 7) is 7.87. The zero-order valence-corrected chi connectivity index (χ0v) is 12.9. The molecular formula is C16H24N2O3. The second kappa shape index (κ2) is 9.13. The lowest BCUT2D eigenvalue weighted by atomic mass is 10.2. The van der Waals surface area contributed by atoms with Crippen molar-refractivity contribution in [3.05, 3.63) is 29.8 Å². The van der Waals surface area contributed by atoms with Crippen LogP contribution in [0.25, 0.3) is 0 Å². The standard InChI is InChI=1S/C16H24N2O3/c1-4-17-10-9-15(19)18-14-7-5-13(6-8-14)16(20)21-11-12(2)3/h5-8,12,17H,4,9-11H2,1-3H3,(H,18,19). The van der Waals surface area contributed by atoms with E-state index in [2.05, 4.69) is 10.6 Å². The Kier molecular flexibility index (Phi) is 7.46. The molecule has 0 atom stereocenters. The van der Waals surface area contributed by atoms with Gasteiger partial charge in [0.25, 0.3) is 0 Å². The van der Waals surface area contributed by atoms with E-state index in [1.54, 1.807) is 24.3 Å². The summed E-state index contributed by atoms with van der Waals surface area (Å²) in [5.74, 6) is -0.0796. The van der Waals surface area contributed by atoms with Crippen LogP contribution in [0.2, 0.25) is 0 Å². The van der Waals surface area contributed by atoms with Crippen LogP contribution in [-0.4, -0.2) is 31.6 Å². The van der Waals surface area contributed by atoms with Crippen molar-refractivity contribution in [2.75, 3.05) is 25.0 Å². The van der Waals surface area contributed by atoms with E-state index in [0.29, 0.717) is 36.7 Å². The normalized spacial score (nSPS) is 10.5. The van der Waals surface area contributed by atoms with Gasteiger partial charge in [-0.1, -0.05) is 20.8 Å². The summed E-state index contributed by atoms with van der Waals surface area (Å²) in [4.78, 5) is 23.4. The molecule has 0 bridgehead atoms. The quantitative estimate of drug-likeness (QED) is 0.570.